The van der Waals surface area contributed by atoms with E-state index < -0.39 is 6.03 Å². The van der Waals surface area contributed by atoms with Gasteiger partial charge >= 0.3 is 6.03 Å². The number of amides is 2. The van der Waals surface area contributed by atoms with Crippen molar-refractivity contribution in [2.24, 2.45) is 0 Å². The molecule has 2 amide bonds. The lowest BCUT2D eigenvalue weighted by Gasteiger charge is -1.99. The molecule has 12 heavy (non-hydrogen) atoms. The third-order valence-electron chi connectivity index (χ3n) is 1.06. The molecule has 0 aromatic carbocycles. The molecule has 0 aliphatic rings. The molecular weight excluding hydrogens is 162 g/mol. The van der Waals surface area contributed by atoms with Crippen molar-refractivity contribution in [2.45, 2.75) is 6.92 Å². The minimum atomic E-state index is -0.506. The Kier molecular flexibility index (Phi) is 2.65. The van der Waals surface area contributed by atoms with Crippen LogP contribution < -0.4 is 10.8 Å². The van der Waals surface area contributed by atoms with E-state index in [4.69, 9.17) is 4.52 Å². The summed E-state index contributed by atoms with van der Waals surface area (Å²) in [6.07, 6.45) is 0. The number of rotatable bonds is 2. The summed E-state index contributed by atoms with van der Waals surface area (Å²) in [5.74, 6) is 0.280. The van der Waals surface area contributed by atoms with Gasteiger partial charge in [0.15, 0.2) is 0 Å². The summed E-state index contributed by atoms with van der Waals surface area (Å²) in [4.78, 5) is 15.1. The predicted molar refractivity (Wildman–Crippen MR) is 40.4 cm³/mol. The van der Waals surface area contributed by atoms with Crippen LogP contribution in [0.15, 0.2) is 10.6 Å². The van der Waals surface area contributed by atoms with Gasteiger partial charge in [0.2, 0.25) is 5.88 Å². The van der Waals surface area contributed by atoms with E-state index in [0.29, 0.717) is 5.69 Å². The Labute approximate surface area is 68.8 Å². The van der Waals surface area contributed by atoms with Gasteiger partial charge in [-0.2, -0.15) is 0 Å². The smallest absolute Gasteiger partial charge is 0.338 e. The first-order valence-corrected chi connectivity index (χ1v) is 3.25. The number of carbonyl (C=O) groups excluding carboxylic acids is 1. The summed E-state index contributed by atoms with van der Waals surface area (Å²) in [6, 6.07) is 1.09. The molecule has 0 aliphatic carbocycles. The zero-order valence-corrected chi connectivity index (χ0v) is 6.75. The Balaban J connectivity index is 2.46. The molecule has 0 saturated carbocycles. The van der Waals surface area contributed by atoms with Gasteiger partial charge in [0.1, 0.15) is 0 Å². The van der Waals surface area contributed by atoms with E-state index in [1.807, 2.05) is 0 Å². The monoisotopic (exact) mass is 171 g/mol. The molecule has 0 spiro atoms. The fraction of sp³-hybridized carbons (Fsp3) is 0.333. The maximum atomic E-state index is 10.8. The second-order valence-electron chi connectivity index (χ2n) is 2.09. The first-order valence-electron chi connectivity index (χ1n) is 3.25. The highest BCUT2D eigenvalue weighted by atomic mass is 16.6. The molecule has 6 nitrogen and oxygen atoms in total. The molecule has 0 fully saturated rings. The minimum Gasteiger partial charge on any atom is -0.338 e. The van der Waals surface area contributed by atoms with Crippen LogP contribution in [-0.4, -0.2) is 18.3 Å². The highest BCUT2D eigenvalue weighted by Crippen LogP contribution is 2.07. The van der Waals surface area contributed by atoms with Crippen LogP contribution in [0.3, 0.4) is 0 Å². The van der Waals surface area contributed by atoms with Crippen molar-refractivity contribution in [2.75, 3.05) is 12.4 Å². The number of aromatic nitrogens is 1. The SMILES string of the molecule is CONC(=O)Nc1cc(C)no1. The number of urea groups is 1. The lowest BCUT2D eigenvalue weighted by Crippen LogP contribution is -2.27. The van der Waals surface area contributed by atoms with E-state index in [2.05, 4.69) is 20.8 Å². The minimum absolute atomic E-state index is 0.280. The van der Waals surface area contributed by atoms with Crippen molar-refractivity contribution in [1.29, 1.82) is 0 Å². The van der Waals surface area contributed by atoms with Crippen LogP contribution in [0.2, 0.25) is 0 Å². The highest BCUT2D eigenvalue weighted by Gasteiger charge is 2.04. The van der Waals surface area contributed by atoms with Crippen LogP contribution in [-0.2, 0) is 4.84 Å². The number of hydrogen-bond acceptors (Lipinski definition) is 4. The van der Waals surface area contributed by atoms with Crippen molar-refractivity contribution >= 4 is 11.9 Å². The van der Waals surface area contributed by atoms with Gasteiger partial charge < -0.3 is 4.52 Å². The summed E-state index contributed by atoms with van der Waals surface area (Å²) in [5.41, 5.74) is 2.76. The maximum Gasteiger partial charge on any atom is 0.345 e. The van der Waals surface area contributed by atoms with Gasteiger partial charge in [0.25, 0.3) is 0 Å². The van der Waals surface area contributed by atoms with E-state index in [9.17, 15) is 4.79 Å². The van der Waals surface area contributed by atoms with E-state index in [1.54, 1.807) is 13.0 Å². The van der Waals surface area contributed by atoms with Crippen LogP contribution in [0.4, 0.5) is 10.7 Å². The van der Waals surface area contributed by atoms with E-state index in [0.717, 1.165) is 0 Å². The number of carbonyl (C=O) groups is 1. The van der Waals surface area contributed by atoms with Crippen LogP contribution >= 0.6 is 0 Å². The quantitative estimate of drug-likeness (QED) is 0.641. The van der Waals surface area contributed by atoms with Gasteiger partial charge in [-0.1, -0.05) is 5.16 Å². The molecule has 0 atom stereocenters. The average Bonchev–Trinajstić information content (AvgIpc) is 2.36. The molecule has 1 rings (SSSR count). The first kappa shape index (κ1) is 8.54. The molecule has 0 unspecified atom stereocenters. The Bertz CT molecular complexity index is 271. The Morgan fingerprint density at radius 2 is 2.50 bits per heavy atom. The van der Waals surface area contributed by atoms with Gasteiger partial charge in [-0.15, -0.1) is 0 Å². The maximum absolute atomic E-state index is 10.8. The van der Waals surface area contributed by atoms with Crippen LogP contribution in [0.1, 0.15) is 5.69 Å². The summed E-state index contributed by atoms with van der Waals surface area (Å²) < 4.78 is 4.70. The molecule has 1 aromatic heterocycles. The normalized spacial score (nSPS) is 9.50. The van der Waals surface area contributed by atoms with Gasteiger partial charge in [0.05, 0.1) is 12.8 Å². The zero-order valence-electron chi connectivity index (χ0n) is 6.75. The molecule has 0 bridgehead atoms. The van der Waals surface area contributed by atoms with E-state index >= 15 is 0 Å². The molecule has 0 aliphatic heterocycles. The predicted octanol–water partition coefficient (Wildman–Crippen LogP) is 0.666. The first-order chi connectivity index (χ1) is 5.72. The standard InChI is InChI=1S/C6H9N3O3/c1-4-3-5(12-8-4)7-6(10)9-11-2/h3H,1-2H3,(H2,7,9,10). The van der Waals surface area contributed by atoms with Gasteiger partial charge in [-0.25, -0.2) is 10.3 Å². The Hall–Kier alpha value is -1.56. The molecule has 1 heterocycles. The summed E-state index contributed by atoms with van der Waals surface area (Å²) in [6.45, 7) is 1.75. The van der Waals surface area contributed by atoms with Gasteiger partial charge in [-0.05, 0) is 6.92 Å². The fourth-order valence-corrected chi connectivity index (χ4v) is 0.653. The topological polar surface area (TPSA) is 76.4 Å². The summed E-state index contributed by atoms with van der Waals surface area (Å²) >= 11 is 0. The second kappa shape index (κ2) is 3.72. The van der Waals surface area contributed by atoms with Crippen molar-refractivity contribution in [3.05, 3.63) is 11.8 Å². The number of nitrogens with one attached hydrogen (secondary N) is 2. The third-order valence-corrected chi connectivity index (χ3v) is 1.06. The molecule has 2 N–H and O–H groups in total. The van der Waals surface area contributed by atoms with Crippen LogP contribution in [0.5, 0.6) is 0 Å². The van der Waals surface area contributed by atoms with Crippen molar-refractivity contribution in [3.63, 3.8) is 0 Å². The number of hydrogen-bond donors (Lipinski definition) is 2. The molecule has 1 aromatic rings. The lowest BCUT2D eigenvalue weighted by molar-refractivity contribution is 0.114. The number of aryl methyl sites for hydroxylation is 1. The molecule has 6 heteroatoms. The van der Waals surface area contributed by atoms with Gasteiger partial charge in [0, 0.05) is 6.07 Å². The summed E-state index contributed by atoms with van der Waals surface area (Å²) in [7, 11) is 1.34. The Morgan fingerprint density at radius 1 is 1.75 bits per heavy atom. The molecule has 0 radical (unpaired) electrons. The van der Waals surface area contributed by atoms with E-state index in [-0.39, 0.29) is 5.88 Å². The number of hydroxylamine groups is 1. The van der Waals surface area contributed by atoms with Crippen molar-refractivity contribution in [1.82, 2.24) is 10.6 Å². The average molecular weight is 171 g/mol. The summed E-state index contributed by atoms with van der Waals surface area (Å²) in [5, 5.41) is 5.93. The number of anilines is 1. The van der Waals surface area contributed by atoms with Gasteiger partial charge in [-0.3, -0.25) is 10.2 Å². The fourth-order valence-electron chi connectivity index (χ4n) is 0.653. The molecular formula is C6H9N3O3. The van der Waals surface area contributed by atoms with Crippen molar-refractivity contribution < 1.29 is 14.2 Å². The largest absolute Gasteiger partial charge is 0.345 e. The molecule has 0 saturated heterocycles. The second-order valence-corrected chi connectivity index (χ2v) is 2.09. The highest BCUT2D eigenvalue weighted by molar-refractivity contribution is 5.86. The van der Waals surface area contributed by atoms with Crippen LogP contribution in [0.25, 0.3) is 0 Å². The number of nitrogens with zero attached hydrogens (tertiary/aromatic N) is 1. The van der Waals surface area contributed by atoms with Crippen LogP contribution in [0, 0.1) is 6.92 Å². The third kappa shape index (κ3) is 2.24. The van der Waals surface area contributed by atoms with E-state index in [1.165, 1.54) is 7.11 Å². The van der Waals surface area contributed by atoms with Crippen molar-refractivity contribution in [3.8, 4) is 0 Å². The Morgan fingerprint density at radius 3 is 3.00 bits per heavy atom. The molecule has 66 valence electrons. The lowest BCUT2D eigenvalue weighted by atomic mass is 10.5. The zero-order chi connectivity index (χ0) is 8.97.